The summed E-state index contributed by atoms with van der Waals surface area (Å²) in [6, 6.07) is 16.2. The van der Waals surface area contributed by atoms with Crippen LogP contribution in [0.1, 0.15) is 65.1 Å². The molecule has 0 aromatic heterocycles. The third kappa shape index (κ3) is 3.43. The van der Waals surface area contributed by atoms with Gasteiger partial charge in [-0.25, -0.2) is 0 Å². The summed E-state index contributed by atoms with van der Waals surface area (Å²) in [4.78, 5) is 32.0. The van der Waals surface area contributed by atoms with Gasteiger partial charge in [0.2, 0.25) is 5.91 Å². The number of amides is 2. The largest absolute Gasteiger partial charge is 0.383 e. The number of benzene rings is 2. The van der Waals surface area contributed by atoms with Crippen molar-refractivity contribution in [2.24, 2.45) is 0 Å². The fourth-order valence-electron chi connectivity index (χ4n) is 6.20. The maximum absolute atomic E-state index is 14.3. The second kappa shape index (κ2) is 8.70. The lowest BCUT2D eigenvalue weighted by molar-refractivity contribution is -0.139. The van der Waals surface area contributed by atoms with Crippen molar-refractivity contribution in [3.8, 4) is 0 Å². The van der Waals surface area contributed by atoms with E-state index < -0.39 is 5.54 Å². The summed E-state index contributed by atoms with van der Waals surface area (Å²) in [5, 5.41) is 0. The smallest absolute Gasteiger partial charge is 0.254 e. The summed E-state index contributed by atoms with van der Waals surface area (Å²) in [6.45, 7) is 2.39. The molecular formula is C27H32N2O3. The highest BCUT2D eigenvalue weighted by atomic mass is 16.5. The van der Waals surface area contributed by atoms with E-state index in [1.807, 2.05) is 34.1 Å². The number of carbonyl (C=O) groups is 2. The molecule has 32 heavy (non-hydrogen) atoms. The van der Waals surface area contributed by atoms with Gasteiger partial charge in [-0.15, -0.1) is 0 Å². The Hall–Kier alpha value is -2.66. The van der Waals surface area contributed by atoms with Crippen molar-refractivity contribution >= 4 is 11.8 Å². The zero-order chi connectivity index (χ0) is 22.1. The highest BCUT2D eigenvalue weighted by Gasteiger charge is 2.55. The quantitative estimate of drug-likeness (QED) is 0.729. The minimum absolute atomic E-state index is 0.0487. The van der Waals surface area contributed by atoms with Gasteiger partial charge < -0.3 is 14.5 Å². The van der Waals surface area contributed by atoms with Crippen LogP contribution in [0, 0.1) is 0 Å². The van der Waals surface area contributed by atoms with Crippen molar-refractivity contribution in [1.29, 1.82) is 0 Å². The zero-order valence-electron chi connectivity index (χ0n) is 18.9. The van der Waals surface area contributed by atoms with Crippen LogP contribution in [0.5, 0.6) is 0 Å². The molecule has 1 saturated carbocycles. The molecule has 0 radical (unpaired) electrons. The second-order valence-corrected chi connectivity index (χ2v) is 9.41. The Morgan fingerprint density at radius 3 is 2.53 bits per heavy atom. The number of hydrogen-bond donors (Lipinski definition) is 0. The van der Waals surface area contributed by atoms with Crippen LogP contribution in [-0.2, 0) is 22.5 Å². The molecule has 2 heterocycles. The van der Waals surface area contributed by atoms with Crippen LogP contribution in [0.15, 0.2) is 48.5 Å². The van der Waals surface area contributed by atoms with E-state index in [0.717, 1.165) is 50.6 Å². The fourth-order valence-corrected chi connectivity index (χ4v) is 6.20. The van der Waals surface area contributed by atoms with E-state index >= 15 is 0 Å². The van der Waals surface area contributed by atoms with Gasteiger partial charge in [0.25, 0.3) is 5.91 Å². The van der Waals surface area contributed by atoms with E-state index in [-0.39, 0.29) is 17.7 Å². The molecule has 1 spiro atoms. The molecule has 2 aliphatic heterocycles. The first-order valence-electron chi connectivity index (χ1n) is 11.9. The average molecular weight is 433 g/mol. The molecule has 1 atom stereocenters. The van der Waals surface area contributed by atoms with Crippen LogP contribution in [0.25, 0.3) is 0 Å². The minimum atomic E-state index is -0.462. The van der Waals surface area contributed by atoms with E-state index in [0.29, 0.717) is 25.3 Å². The Morgan fingerprint density at radius 1 is 1.03 bits per heavy atom. The van der Waals surface area contributed by atoms with Gasteiger partial charge in [0.1, 0.15) is 0 Å². The van der Waals surface area contributed by atoms with Gasteiger partial charge >= 0.3 is 0 Å². The third-order valence-electron chi connectivity index (χ3n) is 7.75. The molecule has 2 aromatic carbocycles. The first-order chi connectivity index (χ1) is 15.7. The summed E-state index contributed by atoms with van der Waals surface area (Å²) in [6.07, 6.45) is 5.88. The topological polar surface area (TPSA) is 49.9 Å². The van der Waals surface area contributed by atoms with Gasteiger partial charge in [-0.2, -0.15) is 0 Å². The van der Waals surface area contributed by atoms with E-state index in [1.54, 1.807) is 7.11 Å². The van der Waals surface area contributed by atoms with Crippen LogP contribution in [0.4, 0.5) is 0 Å². The molecule has 0 unspecified atom stereocenters. The molecule has 168 valence electrons. The number of methoxy groups -OCH3 is 1. The number of ether oxygens (including phenoxy) is 1. The summed E-state index contributed by atoms with van der Waals surface area (Å²) in [5.41, 5.74) is 3.70. The molecular weight excluding hydrogens is 400 g/mol. The van der Waals surface area contributed by atoms with Gasteiger partial charge in [-0.05, 0) is 42.0 Å². The summed E-state index contributed by atoms with van der Waals surface area (Å²) < 4.78 is 5.38. The Morgan fingerprint density at radius 2 is 1.75 bits per heavy atom. The molecule has 5 rings (SSSR count). The van der Waals surface area contributed by atoms with Crippen LogP contribution in [-0.4, -0.2) is 54.0 Å². The Labute approximate surface area is 190 Å². The number of carbonyl (C=O) groups excluding carboxylic acids is 2. The van der Waals surface area contributed by atoms with Gasteiger partial charge in [-0.3, -0.25) is 9.59 Å². The zero-order valence-corrected chi connectivity index (χ0v) is 18.9. The standard InChI is InChI=1S/C27H32N2O3/c1-32-18-17-29-25(30)23-12-6-5-11-22(23)24(27(29)14-7-2-8-15-27)26(31)28-16-13-20-9-3-4-10-21(20)19-28/h3-6,9-12,24H,2,7-8,13-19H2,1H3/t24-/m1/s1. The molecule has 2 amide bonds. The van der Waals surface area contributed by atoms with Crippen molar-refractivity contribution in [1.82, 2.24) is 9.80 Å². The summed E-state index contributed by atoms with van der Waals surface area (Å²) >= 11 is 0. The molecule has 3 aliphatic rings. The molecule has 5 heteroatoms. The number of fused-ring (bicyclic) bond motifs is 2. The van der Waals surface area contributed by atoms with Gasteiger partial charge in [0, 0.05) is 32.3 Å². The highest BCUT2D eigenvalue weighted by molar-refractivity contribution is 6.02. The van der Waals surface area contributed by atoms with E-state index in [4.69, 9.17) is 4.74 Å². The third-order valence-corrected chi connectivity index (χ3v) is 7.75. The monoisotopic (exact) mass is 432 g/mol. The first kappa shape index (κ1) is 21.2. The molecule has 5 nitrogen and oxygen atoms in total. The van der Waals surface area contributed by atoms with E-state index in [9.17, 15) is 9.59 Å². The predicted octanol–water partition coefficient (Wildman–Crippen LogP) is 4.16. The molecule has 1 fully saturated rings. The van der Waals surface area contributed by atoms with Crippen LogP contribution in [0.3, 0.4) is 0 Å². The van der Waals surface area contributed by atoms with Gasteiger partial charge in [-0.1, -0.05) is 61.7 Å². The van der Waals surface area contributed by atoms with Crippen molar-refractivity contribution in [3.63, 3.8) is 0 Å². The lowest BCUT2D eigenvalue weighted by Gasteiger charge is -2.54. The number of hydrogen-bond acceptors (Lipinski definition) is 3. The number of rotatable bonds is 4. The normalized spacial score (nSPS) is 21.9. The SMILES string of the molecule is COCCN1C(=O)c2ccccc2[C@H](C(=O)N2CCc3ccccc3C2)C12CCCCC2. The predicted molar refractivity (Wildman–Crippen MR) is 123 cm³/mol. The van der Waals surface area contributed by atoms with Crippen molar-refractivity contribution in [2.75, 3.05) is 26.8 Å². The maximum atomic E-state index is 14.3. The summed E-state index contributed by atoms with van der Waals surface area (Å²) in [7, 11) is 1.67. The highest BCUT2D eigenvalue weighted by Crippen LogP contribution is 2.50. The van der Waals surface area contributed by atoms with Gasteiger partial charge in [0.05, 0.1) is 18.1 Å². The molecule has 1 aliphatic carbocycles. The molecule has 2 aromatic rings. The van der Waals surface area contributed by atoms with Crippen molar-refractivity contribution < 1.29 is 14.3 Å². The second-order valence-electron chi connectivity index (χ2n) is 9.41. The first-order valence-corrected chi connectivity index (χ1v) is 11.9. The molecule has 0 N–H and O–H groups in total. The Kier molecular flexibility index (Phi) is 5.76. The van der Waals surface area contributed by atoms with E-state index in [2.05, 4.69) is 24.3 Å². The maximum Gasteiger partial charge on any atom is 0.254 e. The Balaban J connectivity index is 1.58. The lowest BCUT2D eigenvalue weighted by atomic mass is 9.65. The van der Waals surface area contributed by atoms with Crippen molar-refractivity contribution in [3.05, 3.63) is 70.8 Å². The summed E-state index contributed by atoms with van der Waals surface area (Å²) in [5.74, 6) is -0.102. The van der Waals surface area contributed by atoms with E-state index in [1.165, 1.54) is 11.1 Å². The lowest BCUT2D eigenvalue weighted by Crippen LogP contribution is -2.63. The fraction of sp³-hybridized carbons (Fsp3) is 0.481. The van der Waals surface area contributed by atoms with Crippen molar-refractivity contribution in [2.45, 2.75) is 56.5 Å². The Bertz CT molecular complexity index is 1010. The van der Waals surface area contributed by atoms with Gasteiger partial charge in [0.15, 0.2) is 0 Å². The average Bonchev–Trinajstić information content (AvgIpc) is 2.84. The minimum Gasteiger partial charge on any atom is -0.383 e. The number of nitrogens with zero attached hydrogens (tertiary/aromatic N) is 2. The van der Waals surface area contributed by atoms with Crippen LogP contribution < -0.4 is 0 Å². The molecule has 0 bridgehead atoms. The van der Waals surface area contributed by atoms with Crippen LogP contribution in [0.2, 0.25) is 0 Å². The van der Waals surface area contributed by atoms with Crippen LogP contribution >= 0.6 is 0 Å². The molecule has 0 saturated heterocycles.